The number of rotatable bonds is 1. The summed E-state index contributed by atoms with van der Waals surface area (Å²) in [7, 11) is 0. The van der Waals surface area contributed by atoms with E-state index >= 15 is 0 Å². The first-order valence-electron chi connectivity index (χ1n) is 5.88. The maximum absolute atomic E-state index is 11.9. The van der Waals surface area contributed by atoms with Crippen LogP contribution in [0, 0.1) is 0 Å². The highest BCUT2D eigenvalue weighted by atomic mass is 35.5. The summed E-state index contributed by atoms with van der Waals surface area (Å²) in [4.78, 5) is 13.7. The zero-order valence-electron chi connectivity index (χ0n) is 9.77. The van der Waals surface area contributed by atoms with E-state index in [-0.39, 0.29) is 11.3 Å². The number of hydrogen-bond acceptors (Lipinski definition) is 2. The molecule has 1 aliphatic rings. The molecule has 0 aromatic heterocycles. The Morgan fingerprint density at radius 3 is 2.61 bits per heavy atom. The maximum atomic E-state index is 11.9. The molecular weight excluding hydrogens is 248 g/mol. The summed E-state index contributed by atoms with van der Waals surface area (Å²) in [6.07, 6.45) is 0.394. The Bertz CT molecular complexity index is 621. The molecule has 1 fully saturated rings. The lowest BCUT2D eigenvalue weighted by atomic mass is 10.1. The molecule has 3 rings (SSSR count). The van der Waals surface area contributed by atoms with E-state index in [9.17, 15) is 4.79 Å². The van der Waals surface area contributed by atoms with Crippen molar-refractivity contribution in [2.75, 3.05) is 17.2 Å². The molecule has 1 heterocycles. The van der Waals surface area contributed by atoms with Crippen molar-refractivity contribution in [2.45, 2.75) is 11.8 Å². The Kier molecular flexibility index (Phi) is 2.63. The fourth-order valence-corrected chi connectivity index (χ4v) is 2.74. The number of hydrogen-bond donors (Lipinski definition) is 1. The van der Waals surface area contributed by atoms with E-state index < -0.39 is 0 Å². The molecule has 0 bridgehead atoms. The number of carbonyl (C=O) groups excluding carboxylic acids is 1. The van der Waals surface area contributed by atoms with Gasteiger partial charge in [0.15, 0.2) is 0 Å². The fourth-order valence-electron chi connectivity index (χ4n) is 2.47. The molecule has 4 heteroatoms. The lowest BCUT2D eigenvalue weighted by Gasteiger charge is -2.19. The third-order valence-electron chi connectivity index (χ3n) is 3.28. The molecule has 0 spiro atoms. The average Bonchev–Trinajstić information content (AvgIpc) is 2.68. The predicted molar refractivity (Wildman–Crippen MR) is 75.0 cm³/mol. The van der Waals surface area contributed by atoms with E-state index in [0.29, 0.717) is 18.7 Å². The summed E-state index contributed by atoms with van der Waals surface area (Å²) in [5, 5.41) is 1.86. The summed E-state index contributed by atoms with van der Waals surface area (Å²) < 4.78 is 0. The number of nitrogen functional groups attached to an aromatic ring is 1. The third-order valence-corrected chi connectivity index (χ3v) is 3.58. The van der Waals surface area contributed by atoms with Crippen molar-refractivity contribution >= 4 is 39.7 Å². The Balaban J connectivity index is 2.20. The van der Waals surface area contributed by atoms with Gasteiger partial charge in [0.2, 0.25) is 5.91 Å². The Labute approximate surface area is 110 Å². The van der Waals surface area contributed by atoms with Crippen LogP contribution in [0.15, 0.2) is 36.4 Å². The Morgan fingerprint density at radius 2 is 1.94 bits per heavy atom. The minimum atomic E-state index is -0.113. The normalized spacial score (nSPS) is 19.7. The van der Waals surface area contributed by atoms with Crippen molar-refractivity contribution < 1.29 is 4.79 Å². The van der Waals surface area contributed by atoms with Crippen LogP contribution in [0.3, 0.4) is 0 Å². The zero-order valence-corrected chi connectivity index (χ0v) is 10.5. The monoisotopic (exact) mass is 260 g/mol. The first-order valence-corrected chi connectivity index (χ1v) is 6.32. The first-order chi connectivity index (χ1) is 8.66. The van der Waals surface area contributed by atoms with Gasteiger partial charge < -0.3 is 10.6 Å². The highest BCUT2D eigenvalue weighted by Crippen LogP contribution is 2.34. The van der Waals surface area contributed by atoms with Crippen molar-refractivity contribution in [1.29, 1.82) is 0 Å². The topological polar surface area (TPSA) is 46.3 Å². The van der Waals surface area contributed by atoms with Crippen LogP contribution in [0.4, 0.5) is 11.4 Å². The molecule has 92 valence electrons. The van der Waals surface area contributed by atoms with Crippen LogP contribution in [-0.2, 0) is 4.79 Å². The zero-order chi connectivity index (χ0) is 12.7. The number of benzene rings is 2. The van der Waals surface area contributed by atoms with E-state index in [4.69, 9.17) is 17.3 Å². The molecule has 1 amide bonds. The van der Waals surface area contributed by atoms with Crippen LogP contribution in [0.2, 0.25) is 0 Å². The summed E-state index contributed by atoms with van der Waals surface area (Å²) >= 11 is 6.05. The van der Waals surface area contributed by atoms with Gasteiger partial charge >= 0.3 is 0 Å². The van der Waals surface area contributed by atoms with Crippen molar-refractivity contribution in [3.63, 3.8) is 0 Å². The van der Waals surface area contributed by atoms with Gasteiger partial charge in [-0.3, -0.25) is 4.79 Å². The van der Waals surface area contributed by atoms with E-state index in [1.54, 1.807) is 4.90 Å². The van der Waals surface area contributed by atoms with E-state index in [1.807, 2.05) is 36.4 Å². The molecule has 1 atom stereocenters. The molecule has 0 aliphatic carbocycles. The van der Waals surface area contributed by atoms with Crippen LogP contribution < -0.4 is 10.6 Å². The minimum Gasteiger partial charge on any atom is -0.398 e. The van der Waals surface area contributed by atoms with E-state index in [1.165, 1.54) is 0 Å². The van der Waals surface area contributed by atoms with Gasteiger partial charge in [0.05, 0.1) is 11.1 Å². The Morgan fingerprint density at radius 1 is 1.22 bits per heavy atom. The average molecular weight is 261 g/mol. The molecule has 0 radical (unpaired) electrons. The van der Waals surface area contributed by atoms with Gasteiger partial charge in [0.1, 0.15) is 0 Å². The van der Waals surface area contributed by atoms with Gasteiger partial charge in [-0.05, 0) is 17.5 Å². The van der Waals surface area contributed by atoms with Crippen molar-refractivity contribution in [1.82, 2.24) is 0 Å². The molecule has 1 unspecified atom stereocenters. The smallest absolute Gasteiger partial charge is 0.228 e. The van der Waals surface area contributed by atoms with Gasteiger partial charge in [-0.2, -0.15) is 0 Å². The second-order valence-electron chi connectivity index (χ2n) is 4.53. The summed E-state index contributed by atoms with van der Waals surface area (Å²) in [5.74, 6) is 0.0609. The number of fused-ring (bicyclic) bond motifs is 1. The number of anilines is 2. The van der Waals surface area contributed by atoms with Crippen LogP contribution in [0.1, 0.15) is 6.42 Å². The van der Waals surface area contributed by atoms with E-state index in [0.717, 1.165) is 16.5 Å². The standard InChI is InChI=1S/C14H13ClN2O/c15-10-7-13(18)17(8-10)12-6-2-4-9-3-1-5-11(16)14(9)12/h1-6,10H,7-8,16H2. The van der Waals surface area contributed by atoms with E-state index in [2.05, 4.69) is 0 Å². The highest BCUT2D eigenvalue weighted by Gasteiger charge is 2.30. The molecule has 18 heavy (non-hydrogen) atoms. The molecule has 1 saturated heterocycles. The van der Waals surface area contributed by atoms with Gasteiger partial charge in [-0.15, -0.1) is 11.6 Å². The first kappa shape index (κ1) is 11.4. The number of nitrogens with two attached hydrogens (primary N) is 1. The van der Waals surface area contributed by atoms with Gasteiger partial charge in [0, 0.05) is 24.0 Å². The van der Waals surface area contributed by atoms with Gasteiger partial charge in [-0.1, -0.05) is 24.3 Å². The third kappa shape index (κ3) is 1.71. The highest BCUT2D eigenvalue weighted by molar-refractivity contribution is 6.24. The summed E-state index contributed by atoms with van der Waals surface area (Å²) in [6, 6.07) is 11.6. The molecule has 2 aromatic carbocycles. The molecular formula is C14H13ClN2O. The lowest BCUT2D eigenvalue weighted by Crippen LogP contribution is -2.24. The fraction of sp³-hybridized carbons (Fsp3) is 0.214. The van der Waals surface area contributed by atoms with Crippen LogP contribution in [-0.4, -0.2) is 17.8 Å². The number of amides is 1. The Hall–Kier alpha value is -1.74. The molecule has 0 saturated carbocycles. The minimum absolute atomic E-state index is 0.0609. The van der Waals surface area contributed by atoms with Crippen molar-refractivity contribution in [3.8, 4) is 0 Å². The van der Waals surface area contributed by atoms with Crippen molar-refractivity contribution in [3.05, 3.63) is 36.4 Å². The molecule has 1 aliphatic heterocycles. The van der Waals surface area contributed by atoms with Crippen LogP contribution in [0.5, 0.6) is 0 Å². The predicted octanol–water partition coefficient (Wildman–Crippen LogP) is 2.77. The second-order valence-corrected chi connectivity index (χ2v) is 5.15. The number of alkyl halides is 1. The SMILES string of the molecule is Nc1cccc2cccc(N3CC(Cl)CC3=O)c12. The van der Waals surface area contributed by atoms with Crippen LogP contribution >= 0.6 is 11.6 Å². The number of nitrogens with zero attached hydrogens (tertiary/aromatic N) is 1. The van der Waals surface area contributed by atoms with Gasteiger partial charge in [0.25, 0.3) is 0 Å². The van der Waals surface area contributed by atoms with Crippen LogP contribution in [0.25, 0.3) is 10.8 Å². The summed E-state index contributed by atoms with van der Waals surface area (Å²) in [6.45, 7) is 0.549. The number of carbonyl (C=O) groups is 1. The summed E-state index contributed by atoms with van der Waals surface area (Å²) in [5.41, 5.74) is 7.58. The quantitative estimate of drug-likeness (QED) is 0.633. The second kappa shape index (κ2) is 4.18. The number of halogens is 1. The maximum Gasteiger partial charge on any atom is 0.228 e. The molecule has 2 N–H and O–H groups in total. The lowest BCUT2D eigenvalue weighted by molar-refractivity contribution is -0.117. The molecule has 2 aromatic rings. The largest absolute Gasteiger partial charge is 0.398 e. The van der Waals surface area contributed by atoms with Gasteiger partial charge in [-0.25, -0.2) is 0 Å². The van der Waals surface area contributed by atoms with Crippen molar-refractivity contribution in [2.24, 2.45) is 0 Å². The molecule has 3 nitrogen and oxygen atoms in total.